The van der Waals surface area contributed by atoms with Gasteiger partial charge in [-0.2, -0.15) is 0 Å². The zero-order valence-corrected chi connectivity index (χ0v) is 21.1. The lowest BCUT2D eigenvalue weighted by molar-refractivity contribution is -0.114. The summed E-state index contributed by atoms with van der Waals surface area (Å²) < 4.78 is 6.19. The van der Waals surface area contributed by atoms with Crippen LogP contribution in [0.1, 0.15) is 31.3 Å². The van der Waals surface area contributed by atoms with Crippen LogP contribution in [0.3, 0.4) is 0 Å². The molecule has 38 heavy (non-hydrogen) atoms. The minimum Gasteiger partial charge on any atom is -0.438 e. The minimum absolute atomic E-state index is 0. The number of nitrogens with zero attached hydrogens (tertiary/aromatic N) is 4. The van der Waals surface area contributed by atoms with Gasteiger partial charge in [0.2, 0.25) is 11.8 Å². The second-order valence-electron chi connectivity index (χ2n) is 9.06. The molecule has 1 saturated heterocycles. The maximum Gasteiger partial charge on any atom is 0.228 e. The highest BCUT2D eigenvalue weighted by Gasteiger charge is 2.14. The summed E-state index contributed by atoms with van der Waals surface area (Å²) in [5.74, 6) is 1.74. The fourth-order valence-electron chi connectivity index (χ4n) is 4.38. The lowest BCUT2D eigenvalue weighted by Gasteiger charge is -2.29. The van der Waals surface area contributed by atoms with Gasteiger partial charge in [-0.15, -0.1) is 0 Å². The first kappa shape index (κ1) is 26.8. The van der Waals surface area contributed by atoms with Gasteiger partial charge in [0.15, 0.2) is 0 Å². The zero-order chi connectivity index (χ0) is 25.6. The van der Waals surface area contributed by atoms with Crippen LogP contribution in [-0.2, 0) is 11.2 Å². The Morgan fingerprint density at radius 2 is 1.82 bits per heavy atom. The van der Waals surface area contributed by atoms with Gasteiger partial charge in [-0.1, -0.05) is 19.6 Å². The number of nitrogens with one attached hydrogen (secondary N) is 2. The van der Waals surface area contributed by atoms with Crippen LogP contribution >= 0.6 is 0 Å². The molecule has 1 fully saturated rings. The summed E-state index contributed by atoms with van der Waals surface area (Å²) in [6.07, 6.45) is 4.11. The molecule has 0 spiro atoms. The van der Waals surface area contributed by atoms with Crippen molar-refractivity contribution in [2.75, 3.05) is 36.4 Å². The van der Waals surface area contributed by atoms with Gasteiger partial charge in [0.1, 0.15) is 11.6 Å². The summed E-state index contributed by atoms with van der Waals surface area (Å²) in [5.41, 5.74) is 5.55. The van der Waals surface area contributed by atoms with E-state index in [9.17, 15) is 4.79 Å². The fourth-order valence-corrected chi connectivity index (χ4v) is 4.38. The number of aryl methyl sites for hydroxylation is 1. The predicted octanol–water partition coefficient (Wildman–Crippen LogP) is 5.23. The topological polar surface area (TPSA) is 92.3 Å². The Kier molecular flexibility index (Phi) is 8.66. The van der Waals surface area contributed by atoms with Crippen molar-refractivity contribution in [3.63, 3.8) is 0 Å². The maximum atomic E-state index is 11.4. The number of ether oxygens (including phenoxy) is 1. The summed E-state index contributed by atoms with van der Waals surface area (Å²) in [7, 11) is 0. The summed E-state index contributed by atoms with van der Waals surface area (Å²) in [6, 6.07) is 19.8. The van der Waals surface area contributed by atoms with Gasteiger partial charge in [-0.05, 0) is 66.6 Å². The second kappa shape index (κ2) is 12.3. The summed E-state index contributed by atoms with van der Waals surface area (Å²) >= 11 is 0. The average Bonchev–Trinajstić information content (AvgIpc) is 2.91. The van der Waals surface area contributed by atoms with Crippen LogP contribution in [-0.4, -0.2) is 47.0 Å². The fraction of sp³-hybridized carbons (Fsp3) is 0.267. The SMILES string of the molecule is C.CC(=O)Nc1ccc(Oc2ncccc2-c2ccnc(Cc3ccc(N4CCNCC4)cc3)n2)c(C)c1. The second-order valence-corrected chi connectivity index (χ2v) is 9.06. The minimum atomic E-state index is -0.116. The Labute approximate surface area is 224 Å². The molecule has 0 saturated carbocycles. The van der Waals surface area contributed by atoms with Crippen molar-refractivity contribution >= 4 is 17.3 Å². The molecule has 0 bridgehead atoms. The molecule has 2 aromatic carbocycles. The molecule has 4 aromatic rings. The van der Waals surface area contributed by atoms with Crippen LogP contribution in [0.25, 0.3) is 11.3 Å². The van der Waals surface area contributed by atoms with Gasteiger partial charge in [0.05, 0.1) is 11.3 Å². The monoisotopic (exact) mass is 510 g/mol. The molecule has 2 aromatic heterocycles. The highest BCUT2D eigenvalue weighted by molar-refractivity contribution is 5.88. The van der Waals surface area contributed by atoms with Gasteiger partial charge in [-0.3, -0.25) is 4.79 Å². The highest BCUT2D eigenvalue weighted by Crippen LogP contribution is 2.32. The number of carbonyl (C=O) groups is 1. The number of hydrogen-bond acceptors (Lipinski definition) is 7. The quantitative estimate of drug-likeness (QED) is 0.352. The van der Waals surface area contributed by atoms with Crippen molar-refractivity contribution in [3.8, 4) is 22.9 Å². The van der Waals surface area contributed by atoms with E-state index in [2.05, 4.69) is 49.8 Å². The molecule has 0 aliphatic carbocycles. The number of pyridine rings is 1. The van der Waals surface area contributed by atoms with Crippen molar-refractivity contribution in [3.05, 3.63) is 90.0 Å². The van der Waals surface area contributed by atoms with Crippen molar-refractivity contribution in [1.82, 2.24) is 20.3 Å². The van der Waals surface area contributed by atoms with E-state index in [4.69, 9.17) is 9.72 Å². The predicted molar refractivity (Wildman–Crippen MR) is 152 cm³/mol. The van der Waals surface area contributed by atoms with E-state index < -0.39 is 0 Å². The molecular formula is C30H34N6O2. The lowest BCUT2D eigenvalue weighted by Crippen LogP contribution is -2.43. The number of hydrogen-bond donors (Lipinski definition) is 2. The van der Waals surface area contributed by atoms with Crippen LogP contribution in [0.15, 0.2) is 73.1 Å². The number of piperazine rings is 1. The molecule has 2 N–H and O–H groups in total. The van der Waals surface area contributed by atoms with Crippen molar-refractivity contribution in [1.29, 1.82) is 0 Å². The van der Waals surface area contributed by atoms with Crippen LogP contribution in [0.5, 0.6) is 11.6 Å². The van der Waals surface area contributed by atoms with Crippen LogP contribution in [0.4, 0.5) is 11.4 Å². The molecule has 0 radical (unpaired) electrons. The van der Waals surface area contributed by atoms with Crippen LogP contribution in [0, 0.1) is 6.92 Å². The standard InChI is InChI=1S/C29H30N6O2.CH4/c1-20-18-23(33-21(2)36)7-10-27(20)37-29-25(4-3-12-32-29)26-11-13-31-28(34-26)19-22-5-8-24(9-6-22)35-16-14-30-15-17-35;/h3-13,18,30H,14-17,19H2,1-2H3,(H,33,36);1H4. The van der Waals surface area contributed by atoms with Gasteiger partial charge in [0, 0.05) is 63.3 Å². The number of amides is 1. The molecule has 8 nitrogen and oxygen atoms in total. The van der Waals surface area contributed by atoms with Gasteiger partial charge in [0.25, 0.3) is 0 Å². The number of anilines is 2. The number of carbonyl (C=O) groups excluding carboxylic acids is 1. The third kappa shape index (κ3) is 6.52. The first-order valence-electron chi connectivity index (χ1n) is 12.4. The molecule has 0 atom stereocenters. The Hall–Kier alpha value is -4.30. The summed E-state index contributed by atoms with van der Waals surface area (Å²) in [6.45, 7) is 7.50. The first-order valence-corrected chi connectivity index (χ1v) is 12.4. The summed E-state index contributed by atoms with van der Waals surface area (Å²) in [5, 5.41) is 6.18. The molecule has 8 heteroatoms. The zero-order valence-electron chi connectivity index (χ0n) is 21.1. The van der Waals surface area contributed by atoms with E-state index in [1.807, 2.05) is 43.3 Å². The number of aromatic nitrogens is 3. The first-order chi connectivity index (χ1) is 18.0. The van der Waals surface area contributed by atoms with E-state index >= 15 is 0 Å². The van der Waals surface area contributed by atoms with Crippen molar-refractivity contribution in [2.45, 2.75) is 27.7 Å². The molecule has 1 aliphatic heterocycles. The van der Waals surface area contributed by atoms with E-state index in [1.165, 1.54) is 12.6 Å². The molecule has 3 heterocycles. The molecule has 1 aliphatic rings. The average molecular weight is 511 g/mol. The van der Waals surface area contributed by atoms with E-state index in [0.717, 1.165) is 60.1 Å². The van der Waals surface area contributed by atoms with Gasteiger partial charge < -0.3 is 20.3 Å². The van der Waals surface area contributed by atoms with Gasteiger partial charge in [-0.25, -0.2) is 15.0 Å². The highest BCUT2D eigenvalue weighted by atomic mass is 16.5. The summed E-state index contributed by atoms with van der Waals surface area (Å²) in [4.78, 5) is 27.6. The van der Waals surface area contributed by atoms with Crippen LogP contribution < -0.4 is 20.3 Å². The Morgan fingerprint density at radius 1 is 1.03 bits per heavy atom. The molecule has 0 unspecified atom stereocenters. The largest absolute Gasteiger partial charge is 0.438 e. The smallest absolute Gasteiger partial charge is 0.228 e. The van der Waals surface area contributed by atoms with E-state index in [1.54, 1.807) is 12.4 Å². The molecule has 5 rings (SSSR count). The van der Waals surface area contributed by atoms with Crippen molar-refractivity contribution < 1.29 is 9.53 Å². The third-order valence-corrected chi connectivity index (χ3v) is 6.24. The van der Waals surface area contributed by atoms with E-state index in [0.29, 0.717) is 18.1 Å². The normalized spacial score (nSPS) is 12.9. The van der Waals surface area contributed by atoms with E-state index in [-0.39, 0.29) is 13.3 Å². The third-order valence-electron chi connectivity index (χ3n) is 6.24. The van der Waals surface area contributed by atoms with Crippen LogP contribution in [0.2, 0.25) is 0 Å². The lowest BCUT2D eigenvalue weighted by atomic mass is 10.1. The van der Waals surface area contributed by atoms with Gasteiger partial charge >= 0.3 is 0 Å². The van der Waals surface area contributed by atoms with Crippen molar-refractivity contribution in [2.24, 2.45) is 0 Å². The number of rotatable bonds is 7. The molecule has 196 valence electrons. The molecule has 1 amide bonds. The maximum absolute atomic E-state index is 11.4. The Bertz CT molecular complexity index is 1380. The Morgan fingerprint density at radius 3 is 2.55 bits per heavy atom. The number of benzene rings is 2. The Balaban J connectivity index is 0.00000336. The molecular weight excluding hydrogens is 476 g/mol.